The van der Waals surface area contributed by atoms with Gasteiger partial charge in [0, 0.05) is 6.42 Å². The number of hydrogen-bond acceptors (Lipinski definition) is 1. The van der Waals surface area contributed by atoms with Crippen LogP contribution in [-0.4, -0.2) is 5.11 Å². The summed E-state index contributed by atoms with van der Waals surface area (Å²) in [6.07, 6.45) is 0.257. The zero-order valence-electron chi connectivity index (χ0n) is 10.4. The Morgan fingerprint density at radius 2 is 1.59 bits per heavy atom. The smallest absolute Gasteiger partial charge is 0.0830 e. The van der Waals surface area contributed by atoms with Gasteiger partial charge in [-0.2, -0.15) is 0 Å². The number of aliphatic hydroxyl groups excluding tert-OH is 1. The molecular formula is C16H18O. The second-order valence-electron chi connectivity index (χ2n) is 4.56. The second-order valence-corrected chi connectivity index (χ2v) is 4.56. The lowest BCUT2D eigenvalue weighted by Gasteiger charge is -2.13. The van der Waals surface area contributed by atoms with Gasteiger partial charge in [-0.25, -0.2) is 0 Å². The van der Waals surface area contributed by atoms with Crippen LogP contribution < -0.4 is 0 Å². The highest BCUT2D eigenvalue weighted by Crippen LogP contribution is 2.20. The Morgan fingerprint density at radius 1 is 0.941 bits per heavy atom. The minimum absolute atomic E-state index is 0.420. The Hall–Kier alpha value is -1.60. The van der Waals surface area contributed by atoms with Crippen LogP contribution in [0.25, 0.3) is 0 Å². The van der Waals surface area contributed by atoms with Crippen LogP contribution in [0.2, 0.25) is 0 Å². The molecular weight excluding hydrogens is 208 g/mol. The molecule has 0 saturated carbocycles. The highest BCUT2D eigenvalue weighted by molar-refractivity contribution is 5.29. The van der Waals surface area contributed by atoms with Gasteiger partial charge < -0.3 is 5.11 Å². The average molecular weight is 226 g/mol. The third-order valence-electron chi connectivity index (χ3n) is 3.14. The van der Waals surface area contributed by atoms with Crippen molar-refractivity contribution < 1.29 is 5.11 Å². The number of aliphatic hydroxyl groups is 1. The highest BCUT2D eigenvalue weighted by Gasteiger charge is 2.09. The van der Waals surface area contributed by atoms with Gasteiger partial charge in [0.05, 0.1) is 6.10 Å². The lowest BCUT2D eigenvalue weighted by molar-refractivity contribution is 0.178. The average Bonchev–Trinajstić information content (AvgIpc) is 2.33. The molecule has 0 bridgehead atoms. The largest absolute Gasteiger partial charge is 0.388 e. The van der Waals surface area contributed by atoms with E-state index in [1.54, 1.807) is 0 Å². The lowest BCUT2D eigenvalue weighted by atomic mass is 9.98. The normalized spacial score (nSPS) is 12.4. The van der Waals surface area contributed by atoms with E-state index in [0.717, 1.165) is 5.56 Å². The van der Waals surface area contributed by atoms with Gasteiger partial charge in [0.25, 0.3) is 0 Å². The number of rotatable bonds is 3. The Morgan fingerprint density at radius 3 is 2.24 bits per heavy atom. The van der Waals surface area contributed by atoms with E-state index >= 15 is 0 Å². The first-order valence-electron chi connectivity index (χ1n) is 5.96. The molecule has 0 radical (unpaired) electrons. The quantitative estimate of drug-likeness (QED) is 0.848. The van der Waals surface area contributed by atoms with Crippen LogP contribution >= 0.6 is 0 Å². The van der Waals surface area contributed by atoms with E-state index < -0.39 is 6.10 Å². The lowest BCUT2D eigenvalue weighted by Crippen LogP contribution is -2.03. The van der Waals surface area contributed by atoms with Crippen molar-refractivity contribution in [1.82, 2.24) is 0 Å². The zero-order chi connectivity index (χ0) is 12.3. The predicted molar refractivity (Wildman–Crippen MR) is 71.0 cm³/mol. The molecule has 0 aliphatic heterocycles. The van der Waals surface area contributed by atoms with Gasteiger partial charge in [-0.05, 0) is 30.5 Å². The van der Waals surface area contributed by atoms with Crippen molar-refractivity contribution in [2.45, 2.75) is 26.4 Å². The van der Waals surface area contributed by atoms with E-state index in [4.69, 9.17) is 0 Å². The molecule has 17 heavy (non-hydrogen) atoms. The van der Waals surface area contributed by atoms with Crippen molar-refractivity contribution in [2.24, 2.45) is 0 Å². The fourth-order valence-electron chi connectivity index (χ4n) is 1.95. The summed E-state index contributed by atoms with van der Waals surface area (Å²) in [5.74, 6) is 0. The molecule has 0 aliphatic carbocycles. The molecule has 0 aliphatic rings. The Bertz CT molecular complexity index is 485. The molecule has 2 aromatic rings. The summed E-state index contributed by atoms with van der Waals surface area (Å²) in [5.41, 5.74) is 4.65. The number of aryl methyl sites for hydroxylation is 2. The second kappa shape index (κ2) is 5.15. The van der Waals surface area contributed by atoms with Crippen molar-refractivity contribution in [2.75, 3.05) is 0 Å². The predicted octanol–water partition coefficient (Wildman–Crippen LogP) is 3.58. The minimum Gasteiger partial charge on any atom is -0.388 e. The first-order valence-corrected chi connectivity index (χ1v) is 5.96. The third-order valence-corrected chi connectivity index (χ3v) is 3.14. The summed E-state index contributed by atoms with van der Waals surface area (Å²) >= 11 is 0. The van der Waals surface area contributed by atoms with Crippen molar-refractivity contribution in [3.8, 4) is 0 Å². The Balaban J connectivity index is 2.14. The maximum atomic E-state index is 10.2. The van der Waals surface area contributed by atoms with E-state index in [1.807, 2.05) is 36.4 Å². The Kier molecular flexibility index (Phi) is 3.60. The SMILES string of the molecule is Cc1ccc(C(O)Cc2ccccc2C)cc1. The number of hydrogen-bond donors (Lipinski definition) is 1. The van der Waals surface area contributed by atoms with Gasteiger partial charge in [-0.1, -0.05) is 54.1 Å². The molecule has 88 valence electrons. The summed E-state index contributed by atoms with van der Waals surface area (Å²) in [7, 11) is 0. The van der Waals surface area contributed by atoms with Crippen molar-refractivity contribution in [1.29, 1.82) is 0 Å². The fourth-order valence-corrected chi connectivity index (χ4v) is 1.95. The van der Waals surface area contributed by atoms with Crippen LogP contribution in [-0.2, 0) is 6.42 Å². The van der Waals surface area contributed by atoms with Gasteiger partial charge in [0.15, 0.2) is 0 Å². The van der Waals surface area contributed by atoms with Crippen LogP contribution in [0.5, 0.6) is 0 Å². The molecule has 0 spiro atoms. The molecule has 0 aromatic heterocycles. The molecule has 1 nitrogen and oxygen atoms in total. The standard InChI is InChI=1S/C16H18O/c1-12-7-9-14(10-8-12)16(17)11-15-6-4-3-5-13(15)2/h3-10,16-17H,11H2,1-2H3. The summed E-state index contributed by atoms with van der Waals surface area (Å²) < 4.78 is 0. The third kappa shape index (κ3) is 2.95. The fraction of sp³-hybridized carbons (Fsp3) is 0.250. The van der Waals surface area contributed by atoms with Gasteiger partial charge in [0.2, 0.25) is 0 Å². The van der Waals surface area contributed by atoms with Gasteiger partial charge in [-0.3, -0.25) is 0 Å². The minimum atomic E-state index is -0.420. The molecule has 0 amide bonds. The molecule has 2 rings (SSSR count). The monoisotopic (exact) mass is 226 g/mol. The maximum Gasteiger partial charge on any atom is 0.0830 e. The van der Waals surface area contributed by atoms with Crippen LogP contribution in [0.1, 0.15) is 28.4 Å². The molecule has 1 unspecified atom stereocenters. The summed E-state index contributed by atoms with van der Waals surface area (Å²) in [6, 6.07) is 16.3. The molecule has 0 fully saturated rings. The van der Waals surface area contributed by atoms with Crippen molar-refractivity contribution in [3.05, 3.63) is 70.8 Å². The number of benzene rings is 2. The van der Waals surface area contributed by atoms with E-state index in [9.17, 15) is 5.11 Å². The van der Waals surface area contributed by atoms with Crippen LogP contribution in [0, 0.1) is 13.8 Å². The van der Waals surface area contributed by atoms with Crippen LogP contribution in [0.3, 0.4) is 0 Å². The summed E-state index contributed by atoms with van der Waals surface area (Å²) in [4.78, 5) is 0. The van der Waals surface area contributed by atoms with Crippen LogP contribution in [0.15, 0.2) is 48.5 Å². The first-order chi connectivity index (χ1) is 8.16. The summed E-state index contributed by atoms with van der Waals surface area (Å²) in [5, 5.41) is 10.2. The van der Waals surface area contributed by atoms with Gasteiger partial charge >= 0.3 is 0 Å². The van der Waals surface area contributed by atoms with Crippen molar-refractivity contribution >= 4 is 0 Å². The van der Waals surface area contributed by atoms with E-state index in [-0.39, 0.29) is 0 Å². The van der Waals surface area contributed by atoms with E-state index in [2.05, 4.69) is 26.0 Å². The topological polar surface area (TPSA) is 20.2 Å². The van der Waals surface area contributed by atoms with Crippen LogP contribution in [0.4, 0.5) is 0 Å². The molecule has 1 atom stereocenters. The molecule has 2 aromatic carbocycles. The molecule has 0 heterocycles. The summed E-state index contributed by atoms with van der Waals surface area (Å²) in [6.45, 7) is 4.13. The van der Waals surface area contributed by atoms with E-state index in [0.29, 0.717) is 6.42 Å². The molecule has 0 saturated heterocycles. The maximum absolute atomic E-state index is 10.2. The first kappa shape index (κ1) is 11.9. The van der Waals surface area contributed by atoms with Crippen molar-refractivity contribution in [3.63, 3.8) is 0 Å². The highest BCUT2D eigenvalue weighted by atomic mass is 16.3. The zero-order valence-corrected chi connectivity index (χ0v) is 10.4. The molecule has 1 heteroatoms. The van der Waals surface area contributed by atoms with Gasteiger partial charge in [0.1, 0.15) is 0 Å². The Labute approximate surface area is 103 Å². The van der Waals surface area contributed by atoms with Gasteiger partial charge in [-0.15, -0.1) is 0 Å². The van der Waals surface area contributed by atoms with E-state index in [1.165, 1.54) is 16.7 Å². The molecule has 1 N–H and O–H groups in total.